The molecule has 0 saturated carbocycles. The molecule has 1 aromatic carbocycles. The van der Waals surface area contributed by atoms with Crippen molar-refractivity contribution in [3.63, 3.8) is 0 Å². The normalized spacial score (nSPS) is 16.6. The molecular weight excluding hydrogens is 514 g/mol. The van der Waals surface area contributed by atoms with Crippen LogP contribution in [0.25, 0.3) is 0 Å². The lowest BCUT2D eigenvalue weighted by atomic mass is 10.0. The van der Waals surface area contributed by atoms with Crippen molar-refractivity contribution in [1.29, 1.82) is 5.41 Å². The van der Waals surface area contributed by atoms with Crippen LogP contribution in [0.2, 0.25) is 0 Å². The van der Waals surface area contributed by atoms with Gasteiger partial charge >= 0.3 is 0 Å². The summed E-state index contributed by atoms with van der Waals surface area (Å²) in [6.07, 6.45) is 1.73. The monoisotopic (exact) mass is 555 g/mol. The molecule has 11 heteroatoms. The summed E-state index contributed by atoms with van der Waals surface area (Å²) >= 11 is 0. The van der Waals surface area contributed by atoms with E-state index in [1.165, 1.54) is 13.0 Å². The highest BCUT2D eigenvalue weighted by Crippen LogP contribution is 2.19. The molecule has 2 unspecified atom stereocenters. The molecule has 218 valence electrons. The number of anilines is 1. The molecule has 0 amide bonds. The molecular formula is C29H41N5O6. The number of hydrogen-bond donors (Lipinski definition) is 6. The first-order chi connectivity index (χ1) is 19.0. The molecule has 2 aromatic rings. The van der Waals surface area contributed by atoms with Crippen LogP contribution in [0.3, 0.4) is 0 Å². The summed E-state index contributed by atoms with van der Waals surface area (Å²) in [5, 5.41) is 41.3. The van der Waals surface area contributed by atoms with E-state index in [0.29, 0.717) is 18.9 Å². The van der Waals surface area contributed by atoms with Gasteiger partial charge in [0.15, 0.2) is 0 Å². The molecule has 0 spiro atoms. The SMILES string of the molecule is CC(O)/C=C(O)\C=C(\O)C(C)Nc1nc(Cc2ccc(OCCN3CCOCC3)cc2)[nH]c(=O)c1C(=N)C(C)C. The zero-order valence-electron chi connectivity index (χ0n) is 23.6. The summed E-state index contributed by atoms with van der Waals surface area (Å²) in [5.41, 5.74) is 0.645. The molecule has 3 rings (SSSR count). The quantitative estimate of drug-likeness (QED) is 0.124. The van der Waals surface area contributed by atoms with Crippen LogP contribution in [0.4, 0.5) is 5.82 Å². The Kier molecular flexibility index (Phi) is 11.3. The summed E-state index contributed by atoms with van der Waals surface area (Å²) in [6.45, 7) is 11.5. The first-order valence-corrected chi connectivity index (χ1v) is 13.5. The summed E-state index contributed by atoms with van der Waals surface area (Å²) in [6, 6.07) is 6.84. The number of aliphatic hydroxyl groups excluding tert-OH is 3. The molecule has 1 aliphatic heterocycles. The van der Waals surface area contributed by atoms with Crippen molar-refractivity contribution in [3.8, 4) is 5.75 Å². The second kappa shape index (κ2) is 14.6. The molecule has 0 aliphatic carbocycles. The molecule has 0 radical (unpaired) electrons. The van der Waals surface area contributed by atoms with E-state index in [4.69, 9.17) is 14.9 Å². The van der Waals surface area contributed by atoms with Gasteiger partial charge in [-0.25, -0.2) is 4.98 Å². The summed E-state index contributed by atoms with van der Waals surface area (Å²) in [4.78, 5) is 22.8. The second-order valence-electron chi connectivity index (χ2n) is 10.2. The number of aromatic amines is 1. The molecule has 11 nitrogen and oxygen atoms in total. The number of ether oxygens (including phenoxy) is 2. The Bertz CT molecular complexity index is 1250. The van der Waals surface area contributed by atoms with Crippen LogP contribution >= 0.6 is 0 Å². The van der Waals surface area contributed by atoms with Crippen molar-refractivity contribution < 1.29 is 24.8 Å². The van der Waals surface area contributed by atoms with Gasteiger partial charge in [-0.1, -0.05) is 26.0 Å². The number of rotatable bonds is 13. The smallest absolute Gasteiger partial charge is 0.262 e. The topological polar surface area (TPSA) is 164 Å². The highest BCUT2D eigenvalue weighted by Gasteiger charge is 2.21. The third kappa shape index (κ3) is 9.22. The zero-order chi connectivity index (χ0) is 29.2. The van der Waals surface area contributed by atoms with Gasteiger partial charge in [-0.2, -0.15) is 0 Å². The van der Waals surface area contributed by atoms with E-state index in [2.05, 4.69) is 20.2 Å². The van der Waals surface area contributed by atoms with E-state index < -0.39 is 17.7 Å². The molecule has 1 fully saturated rings. The third-order valence-electron chi connectivity index (χ3n) is 6.39. The predicted octanol–water partition coefficient (Wildman–Crippen LogP) is 3.16. The van der Waals surface area contributed by atoms with Gasteiger partial charge in [0.05, 0.1) is 31.1 Å². The molecule has 1 saturated heterocycles. The minimum atomic E-state index is -0.891. The maximum atomic E-state index is 13.1. The molecule has 2 atom stereocenters. The molecule has 1 aliphatic rings. The fourth-order valence-electron chi connectivity index (χ4n) is 4.11. The van der Waals surface area contributed by atoms with E-state index in [-0.39, 0.29) is 34.5 Å². The van der Waals surface area contributed by atoms with Crippen molar-refractivity contribution >= 4 is 11.5 Å². The molecule has 0 bridgehead atoms. The fourth-order valence-corrected chi connectivity index (χ4v) is 4.11. The van der Waals surface area contributed by atoms with Crippen LogP contribution in [0, 0.1) is 11.3 Å². The number of nitrogens with one attached hydrogen (secondary N) is 3. The first-order valence-electron chi connectivity index (χ1n) is 13.5. The largest absolute Gasteiger partial charge is 0.510 e. The molecule has 6 N–H and O–H groups in total. The van der Waals surface area contributed by atoms with Crippen molar-refractivity contribution in [2.45, 2.75) is 46.3 Å². The summed E-state index contributed by atoms with van der Waals surface area (Å²) in [5.74, 6) is 0.537. The lowest BCUT2D eigenvalue weighted by Gasteiger charge is -2.26. The van der Waals surface area contributed by atoms with Crippen molar-refractivity contribution in [2.24, 2.45) is 5.92 Å². The van der Waals surface area contributed by atoms with E-state index in [1.54, 1.807) is 6.92 Å². The van der Waals surface area contributed by atoms with Gasteiger partial charge in [0.25, 0.3) is 5.56 Å². The Balaban J connectivity index is 1.75. The van der Waals surface area contributed by atoms with Crippen molar-refractivity contribution in [2.75, 3.05) is 44.8 Å². The first kappa shape index (κ1) is 30.9. The van der Waals surface area contributed by atoms with E-state index in [0.717, 1.165) is 50.2 Å². The maximum Gasteiger partial charge on any atom is 0.262 e. The minimum Gasteiger partial charge on any atom is -0.510 e. The third-order valence-corrected chi connectivity index (χ3v) is 6.39. The lowest BCUT2D eigenvalue weighted by molar-refractivity contribution is 0.0322. The summed E-state index contributed by atoms with van der Waals surface area (Å²) in [7, 11) is 0. The van der Waals surface area contributed by atoms with Crippen LogP contribution in [-0.2, 0) is 11.2 Å². The maximum absolute atomic E-state index is 13.1. The van der Waals surface area contributed by atoms with Crippen LogP contribution in [0.5, 0.6) is 5.75 Å². The Morgan fingerprint density at radius 3 is 2.50 bits per heavy atom. The standard InChI is InChI=1S/C29H41N5O6/c1-18(2)27(30)26-28(31-20(4)24(37)17-22(36)15-19(3)35)32-25(33-29(26)38)16-21-5-7-23(8-6-21)40-14-11-34-9-12-39-13-10-34/h5-8,15,17-20,30,35-37H,9-14,16H2,1-4H3,(H2,31,32,33,38)/b22-15+,24-17+,30-27?. The molecule has 1 aromatic heterocycles. The van der Waals surface area contributed by atoms with Gasteiger partial charge in [-0.05, 0) is 43.5 Å². The number of aromatic nitrogens is 2. The van der Waals surface area contributed by atoms with E-state index >= 15 is 0 Å². The van der Waals surface area contributed by atoms with Crippen LogP contribution in [0.15, 0.2) is 52.7 Å². The molecule has 2 heterocycles. The molecule has 40 heavy (non-hydrogen) atoms. The van der Waals surface area contributed by atoms with Crippen LogP contribution in [-0.4, -0.2) is 87.5 Å². The van der Waals surface area contributed by atoms with Gasteiger partial charge in [0, 0.05) is 32.1 Å². The summed E-state index contributed by atoms with van der Waals surface area (Å²) < 4.78 is 11.2. The average molecular weight is 556 g/mol. The number of H-pyrrole nitrogens is 1. The Morgan fingerprint density at radius 1 is 1.20 bits per heavy atom. The number of aliphatic hydroxyl groups is 3. The minimum absolute atomic E-state index is 0.0890. The second-order valence-corrected chi connectivity index (χ2v) is 10.2. The van der Waals surface area contributed by atoms with Crippen molar-refractivity contribution in [1.82, 2.24) is 14.9 Å². The zero-order valence-corrected chi connectivity index (χ0v) is 23.6. The number of morpholine rings is 1. The Morgan fingerprint density at radius 2 is 1.88 bits per heavy atom. The van der Waals surface area contributed by atoms with Crippen LogP contribution < -0.4 is 15.6 Å². The number of allylic oxidation sites excluding steroid dienone is 1. The number of hydrogen-bond acceptors (Lipinski definition) is 10. The lowest BCUT2D eigenvalue weighted by Crippen LogP contribution is -2.38. The fraction of sp³-hybridized carbons (Fsp3) is 0.483. The van der Waals surface area contributed by atoms with Gasteiger partial charge in [-0.3, -0.25) is 9.69 Å². The highest BCUT2D eigenvalue weighted by atomic mass is 16.5. The van der Waals surface area contributed by atoms with Crippen molar-refractivity contribution in [3.05, 3.63) is 75.2 Å². The van der Waals surface area contributed by atoms with E-state index in [1.807, 2.05) is 38.1 Å². The average Bonchev–Trinajstić information content (AvgIpc) is 2.89. The van der Waals surface area contributed by atoms with E-state index in [9.17, 15) is 20.1 Å². The van der Waals surface area contributed by atoms with Gasteiger partial charge in [0.1, 0.15) is 41.1 Å². The van der Waals surface area contributed by atoms with Crippen LogP contribution in [0.1, 0.15) is 44.6 Å². The Hall–Kier alpha value is -3.67. The number of nitrogens with zero attached hydrogens (tertiary/aromatic N) is 2. The predicted molar refractivity (Wildman–Crippen MR) is 155 cm³/mol. The number of benzene rings is 1. The highest BCUT2D eigenvalue weighted by molar-refractivity contribution is 6.03. The van der Waals surface area contributed by atoms with Gasteiger partial charge < -0.3 is 40.5 Å². The van der Waals surface area contributed by atoms with Gasteiger partial charge in [0.2, 0.25) is 0 Å². The van der Waals surface area contributed by atoms with Gasteiger partial charge in [-0.15, -0.1) is 0 Å². The Labute approximate surface area is 234 Å².